The second-order valence-electron chi connectivity index (χ2n) is 3.34. The van der Waals surface area contributed by atoms with Crippen LogP contribution in [-0.2, 0) is 6.54 Å². The summed E-state index contributed by atoms with van der Waals surface area (Å²) in [6.07, 6.45) is 0. The quantitative estimate of drug-likeness (QED) is 0.644. The lowest BCUT2D eigenvalue weighted by atomic mass is 10.2. The number of aliphatic hydroxyl groups is 2. The molecule has 0 saturated heterocycles. The molecule has 0 aromatic heterocycles. The standard InChI is InChI=1S/C10H13Br2NO3/c11-7-1-6(10(16)9(12)2-7)3-13-8(4-14)5-15/h1-2,8,13-16H,3-5H2. The van der Waals surface area contributed by atoms with Gasteiger partial charge in [-0.05, 0) is 28.1 Å². The second-order valence-corrected chi connectivity index (χ2v) is 5.11. The largest absolute Gasteiger partial charge is 0.506 e. The summed E-state index contributed by atoms with van der Waals surface area (Å²) >= 11 is 6.55. The van der Waals surface area contributed by atoms with Crippen LogP contribution in [-0.4, -0.2) is 34.6 Å². The van der Waals surface area contributed by atoms with Crippen molar-refractivity contribution in [3.05, 3.63) is 26.6 Å². The predicted molar refractivity (Wildman–Crippen MR) is 68.3 cm³/mol. The van der Waals surface area contributed by atoms with Crippen molar-refractivity contribution in [2.75, 3.05) is 13.2 Å². The first kappa shape index (κ1) is 13.9. The smallest absolute Gasteiger partial charge is 0.134 e. The number of benzene rings is 1. The van der Waals surface area contributed by atoms with E-state index >= 15 is 0 Å². The maximum absolute atomic E-state index is 9.75. The highest BCUT2D eigenvalue weighted by atomic mass is 79.9. The van der Waals surface area contributed by atoms with Crippen LogP contribution in [0, 0.1) is 0 Å². The Balaban J connectivity index is 2.73. The van der Waals surface area contributed by atoms with Gasteiger partial charge in [-0.3, -0.25) is 0 Å². The van der Waals surface area contributed by atoms with Crippen molar-refractivity contribution in [1.82, 2.24) is 5.32 Å². The SMILES string of the molecule is OCC(CO)NCc1cc(Br)cc(Br)c1O. The molecule has 0 bridgehead atoms. The monoisotopic (exact) mass is 353 g/mol. The van der Waals surface area contributed by atoms with Gasteiger partial charge in [0, 0.05) is 16.6 Å². The van der Waals surface area contributed by atoms with Crippen molar-refractivity contribution < 1.29 is 15.3 Å². The molecule has 0 amide bonds. The fraction of sp³-hybridized carbons (Fsp3) is 0.400. The minimum absolute atomic E-state index is 0.146. The molecule has 0 atom stereocenters. The molecule has 0 aliphatic carbocycles. The fourth-order valence-electron chi connectivity index (χ4n) is 1.20. The Kier molecular flexibility index (Phi) is 5.71. The van der Waals surface area contributed by atoms with Crippen molar-refractivity contribution in [2.24, 2.45) is 0 Å². The molecular formula is C10H13Br2NO3. The first-order valence-corrected chi connectivity index (χ1v) is 6.29. The number of halogens is 2. The summed E-state index contributed by atoms with van der Waals surface area (Å²) in [5.74, 6) is 0.158. The third kappa shape index (κ3) is 3.71. The third-order valence-corrected chi connectivity index (χ3v) is 3.19. The number of aromatic hydroxyl groups is 1. The molecule has 4 N–H and O–H groups in total. The van der Waals surface area contributed by atoms with Gasteiger partial charge in [-0.1, -0.05) is 15.9 Å². The molecular weight excluding hydrogens is 342 g/mol. The van der Waals surface area contributed by atoms with Crippen LogP contribution in [0.2, 0.25) is 0 Å². The molecule has 4 nitrogen and oxygen atoms in total. The van der Waals surface area contributed by atoms with Gasteiger partial charge in [-0.25, -0.2) is 0 Å². The molecule has 0 fully saturated rings. The molecule has 0 saturated carbocycles. The van der Waals surface area contributed by atoms with Crippen LogP contribution in [0.4, 0.5) is 0 Å². The normalized spacial score (nSPS) is 11.1. The van der Waals surface area contributed by atoms with Gasteiger partial charge in [0.25, 0.3) is 0 Å². The predicted octanol–water partition coefficient (Wildman–Crippen LogP) is 1.36. The van der Waals surface area contributed by atoms with Crippen LogP contribution in [0.15, 0.2) is 21.1 Å². The van der Waals surface area contributed by atoms with E-state index in [0.29, 0.717) is 16.6 Å². The van der Waals surface area contributed by atoms with Gasteiger partial charge in [0.15, 0.2) is 0 Å². The average Bonchev–Trinajstić information content (AvgIpc) is 2.26. The fourth-order valence-corrected chi connectivity index (χ4v) is 2.51. The molecule has 0 unspecified atom stereocenters. The van der Waals surface area contributed by atoms with Crippen LogP contribution in [0.3, 0.4) is 0 Å². The molecule has 1 rings (SSSR count). The highest BCUT2D eigenvalue weighted by Crippen LogP contribution is 2.31. The molecule has 16 heavy (non-hydrogen) atoms. The molecule has 6 heteroatoms. The van der Waals surface area contributed by atoms with E-state index in [-0.39, 0.29) is 25.0 Å². The topological polar surface area (TPSA) is 72.7 Å². The van der Waals surface area contributed by atoms with E-state index in [2.05, 4.69) is 37.2 Å². The number of aliphatic hydroxyl groups excluding tert-OH is 2. The Morgan fingerprint density at radius 3 is 2.38 bits per heavy atom. The highest BCUT2D eigenvalue weighted by molar-refractivity contribution is 9.11. The van der Waals surface area contributed by atoms with Crippen molar-refractivity contribution in [3.63, 3.8) is 0 Å². The number of hydrogen-bond acceptors (Lipinski definition) is 4. The Morgan fingerprint density at radius 1 is 1.19 bits per heavy atom. The van der Waals surface area contributed by atoms with Gasteiger partial charge < -0.3 is 20.6 Å². The molecule has 0 radical (unpaired) electrons. The van der Waals surface area contributed by atoms with Gasteiger partial charge in [-0.2, -0.15) is 0 Å². The lowest BCUT2D eigenvalue weighted by Gasteiger charge is -2.14. The number of rotatable bonds is 5. The maximum atomic E-state index is 9.75. The van der Waals surface area contributed by atoms with Crippen LogP contribution in [0.1, 0.15) is 5.56 Å². The minimum atomic E-state index is -0.378. The van der Waals surface area contributed by atoms with Crippen LogP contribution >= 0.6 is 31.9 Å². The average molecular weight is 355 g/mol. The van der Waals surface area contributed by atoms with E-state index in [1.165, 1.54) is 0 Å². The lowest BCUT2D eigenvalue weighted by molar-refractivity contribution is 0.170. The van der Waals surface area contributed by atoms with Gasteiger partial charge in [0.2, 0.25) is 0 Å². The van der Waals surface area contributed by atoms with Crippen molar-refractivity contribution in [3.8, 4) is 5.75 Å². The molecule has 0 aliphatic heterocycles. The second kappa shape index (κ2) is 6.56. The Hall–Kier alpha value is -0.140. The molecule has 1 aromatic carbocycles. The zero-order valence-corrected chi connectivity index (χ0v) is 11.6. The molecule has 0 spiro atoms. The van der Waals surface area contributed by atoms with Crippen molar-refractivity contribution in [1.29, 1.82) is 0 Å². The summed E-state index contributed by atoms with van der Waals surface area (Å²) in [6.45, 7) is 0.0779. The number of hydrogen-bond donors (Lipinski definition) is 4. The summed E-state index contributed by atoms with van der Waals surface area (Å²) in [5.41, 5.74) is 0.688. The van der Waals surface area contributed by atoms with E-state index in [1.807, 2.05) is 0 Å². The van der Waals surface area contributed by atoms with Gasteiger partial charge >= 0.3 is 0 Å². The summed E-state index contributed by atoms with van der Waals surface area (Å²) < 4.78 is 1.45. The van der Waals surface area contributed by atoms with Crippen molar-refractivity contribution >= 4 is 31.9 Å². The summed E-state index contributed by atoms with van der Waals surface area (Å²) in [6, 6.07) is 3.14. The first-order valence-electron chi connectivity index (χ1n) is 4.70. The first-order chi connectivity index (χ1) is 7.58. The number of nitrogens with one attached hydrogen (secondary N) is 1. The summed E-state index contributed by atoms with van der Waals surface area (Å²) in [7, 11) is 0. The molecule has 90 valence electrons. The Morgan fingerprint density at radius 2 is 1.81 bits per heavy atom. The van der Waals surface area contributed by atoms with E-state index < -0.39 is 0 Å². The van der Waals surface area contributed by atoms with Crippen LogP contribution in [0.25, 0.3) is 0 Å². The molecule has 1 aromatic rings. The Bertz CT molecular complexity index is 356. The van der Waals surface area contributed by atoms with E-state index in [9.17, 15) is 5.11 Å². The third-order valence-electron chi connectivity index (χ3n) is 2.13. The number of phenolic OH excluding ortho intramolecular Hbond substituents is 1. The zero-order chi connectivity index (χ0) is 12.1. The van der Waals surface area contributed by atoms with E-state index in [1.54, 1.807) is 12.1 Å². The highest BCUT2D eigenvalue weighted by Gasteiger charge is 2.10. The van der Waals surface area contributed by atoms with Crippen LogP contribution < -0.4 is 5.32 Å². The summed E-state index contributed by atoms with van der Waals surface area (Å²) in [4.78, 5) is 0. The van der Waals surface area contributed by atoms with Gasteiger partial charge in [-0.15, -0.1) is 0 Å². The van der Waals surface area contributed by atoms with E-state index in [4.69, 9.17) is 10.2 Å². The Labute approximate surface area is 111 Å². The van der Waals surface area contributed by atoms with Crippen LogP contribution in [0.5, 0.6) is 5.75 Å². The van der Waals surface area contributed by atoms with E-state index in [0.717, 1.165) is 4.47 Å². The summed E-state index contributed by atoms with van der Waals surface area (Å²) in [5, 5.41) is 30.4. The van der Waals surface area contributed by atoms with Gasteiger partial charge in [0.1, 0.15) is 5.75 Å². The molecule has 0 aliphatic rings. The zero-order valence-electron chi connectivity index (χ0n) is 8.45. The van der Waals surface area contributed by atoms with Gasteiger partial charge in [0.05, 0.1) is 23.7 Å². The maximum Gasteiger partial charge on any atom is 0.134 e. The minimum Gasteiger partial charge on any atom is -0.506 e. The lowest BCUT2D eigenvalue weighted by Crippen LogP contribution is -2.35. The molecule has 0 heterocycles. The van der Waals surface area contributed by atoms with Crippen molar-refractivity contribution in [2.45, 2.75) is 12.6 Å². The number of phenols is 1.